The van der Waals surface area contributed by atoms with Crippen molar-refractivity contribution < 1.29 is 4.79 Å². The summed E-state index contributed by atoms with van der Waals surface area (Å²) in [6.07, 6.45) is 0.782. The second-order valence-corrected chi connectivity index (χ2v) is 5.25. The Morgan fingerprint density at radius 2 is 2.24 bits per heavy atom. The van der Waals surface area contributed by atoms with Crippen molar-refractivity contribution in [3.63, 3.8) is 0 Å². The van der Waals surface area contributed by atoms with Crippen LogP contribution in [0, 0.1) is 5.92 Å². The Kier molecular flexibility index (Phi) is 3.60. The molecule has 0 radical (unpaired) electrons. The first-order valence-corrected chi connectivity index (χ1v) is 7.24. The van der Waals surface area contributed by atoms with Gasteiger partial charge in [-0.05, 0) is 25.5 Å². The number of nitrogens with zero attached hydrogens (tertiary/aromatic N) is 3. The molecule has 1 aromatic heterocycles. The smallest absolute Gasteiger partial charge is 0.225 e. The first-order chi connectivity index (χ1) is 10.2. The van der Waals surface area contributed by atoms with Gasteiger partial charge in [0.2, 0.25) is 11.9 Å². The molecular weight excluding hydrogens is 266 g/mol. The summed E-state index contributed by atoms with van der Waals surface area (Å²) in [5.74, 6) is 1.16. The van der Waals surface area contributed by atoms with Gasteiger partial charge in [0.15, 0.2) is 0 Å². The van der Waals surface area contributed by atoms with Crippen LogP contribution in [0.2, 0.25) is 0 Å². The quantitative estimate of drug-likeness (QED) is 0.886. The number of benzene rings is 1. The van der Waals surface area contributed by atoms with Crippen LogP contribution in [-0.2, 0) is 4.79 Å². The van der Waals surface area contributed by atoms with Gasteiger partial charge in [-0.2, -0.15) is 4.98 Å². The van der Waals surface area contributed by atoms with Crippen LogP contribution in [0.3, 0.4) is 0 Å². The summed E-state index contributed by atoms with van der Waals surface area (Å²) in [6.45, 7) is 4.20. The van der Waals surface area contributed by atoms with E-state index in [-0.39, 0.29) is 11.8 Å². The summed E-state index contributed by atoms with van der Waals surface area (Å²) in [5.41, 5.74) is 6.32. The number of hydrogen-bond donors (Lipinski definition) is 2. The van der Waals surface area contributed by atoms with Gasteiger partial charge < -0.3 is 16.0 Å². The van der Waals surface area contributed by atoms with Gasteiger partial charge >= 0.3 is 0 Å². The Labute approximate surface area is 123 Å². The number of amides is 1. The number of hydrogen-bond acceptors (Lipinski definition) is 5. The number of carbonyl (C=O) groups excluding carboxylic acids is 1. The number of primary amides is 1. The highest BCUT2D eigenvalue weighted by Crippen LogP contribution is 2.29. The number of nitrogens with one attached hydrogen (secondary N) is 1. The average molecular weight is 285 g/mol. The first kappa shape index (κ1) is 13.6. The standard InChI is InChI=1S/C15H19N5O/c1-2-17-15-18-12-6-4-3-5-11(12)14(19-15)20-8-7-10(9-20)13(16)21/h3-6,10H,2,7-9H2,1H3,(H2,16,21)(H,17,18,19). The van der Waals surface area contributed by atoms with Crippen LogP contribution in [0.4, 0.5) is 11.8 Å². The summed E-state index contributed by atoms with van der Waals surface area (Å²) in [4.78, 5) is 22.6. The normalized spacial score (nSPS) is 18.1. The summed E-state index contributed by atoms with van der Waals surface area (Å²) >= 11 is 0. The molecule has 0 bridgehead atoms. The minimum absolute atomic E-state index is 0.0960. The molecule has 3 rings (SSSR count). The molecule has 2 aromatic rings. The summed E-state index contributed by atoms with van der Waals surface area (Å²) in [6, 6.07) is 7.93. The van der Waals surface area contributed by atoms with Crippen molar-refractivity contribution in [2.75, 3.05) is 29.9 Å². The average Bonchev–Trinajstić information content (AvgIpc) is 2.96. The Morgan fingerprint density at radius 1 is 1.43 bits per heavy atom. The zero-order valence-corrected chi connectivity index (χ0v) is 12.0. The van der Waals surface area contributed by atoms with E-state index >= 15 is 0 Å². The fourth-order valence-electron chi connectivity index (χ4n) is 2.72. The van der Waals surface area contributed by atoms with Crippen LogP contribution in [-0.4, -0.2) is 35.5 Å². The molecule has 6 nitrogen and oxygen atoms in total. The second-order valence-electron chi connectivity index (χ2n) is 5.25. The summed E-state index contributed by atoms with van der Waals surface area (Å²) < 4.78 is 0. The number of rotatable bonds is 4. The molecule has 6 heteroatoms. The summed E-state index contributed by atoms with van der Waals surface area (Å²) in [7, 11) is 0. The molecule has 1 atom stereocenters. The number of anilines is 2. The maximum atomic E-state index is 11.4. The highest BCUT2D eigenvalue weighted by atomic mass is 16.1. The molecule has 1 aliphatic heterocycles. The van der Waals surface area contributed by atoms with Gasteiger partial charge in [-0.25, -0.2) is 4.98 Å². The van der Waals surface area contributed by atoms with Crippen LogP contribution in [0.5, 0.6) is 0 Å². The van der Waals surface area contributed by atoms with Gasteiger partial charge in [0.05, 0.1) is 11.4 Å². The van der Waals surface area contributed by atoms with Crippen LogP contribution >= 0.6 is 0 Å². The van der Waals surface area contributed by atoms with E-state index in [2.05, 4.69) is 20.2 Å². The van der Waals surface area contributed by atoms with Crippen molar-refractivity contribution in [2.24, 2.45) is 11.7 Å². The zero-order valence-electron chi connectivity index (χ0n) is 12.0. The minimum Gasteiger partial charge on any atom is -0.369 e. The van der Waals surface area contributed by atoms with Gasteiger partial charge in [0, 0.05) is 25.0 Å². The maximum absolute atomic E-state index is 11.4. The molecular formula is C15H19N5O. The van der Waals surface area contributed by atoms with Crippen molar-refractivity contribution in [2.45, 2.75) is 13.3 Å². The van der Waals surface area contributed by atoms with E-state index in [1.807, 2.05) is 31.2 Å². The second kappa shape index (κ2) is 5.55. The fraction of sp³-hybridized carbons (Fsp3) is 0.400. The Morgan fingerprint density at radius 3 is 2.95 bits per heavy atom. The van der Waals surface area contributed by atoms with E-state index in [1.54, 1.807) is 0 Å². The van der Waals surface area contributed by atoms with Crippen LogP contribution in [0.15, 0.2) is 24.3 Å². The monoisotopic (exact) mass is 285 g/mol. The highest BCUT2D eigenvalue weighted by molar-refractivity contribution is 5.91. The first-order valence-electron chi connectivity index (χ1n) is 7.24. The molecule has 1 fully saturated rings. The molecule has 0 spiro atoms. The van der Waals surface area contributed by atoms with Crippen LogP contribution in [0.25, 0.3) is 10.9 Å². The topological polar surface area (TPSA) is 84.1 Å². The van der Waals surface area contributed by atoms with E-state index in [0.29, 0.717) is 12.5 Å². The molecule has 0 aliphatic carbocycles. The van der Waals surface area contributed by atoms with E-state index in [0.717, 1.165) is 36.2 Å². The Bertz CT molecular complexity index is 672. The molecule has 110 valence electrons. The van der Waals surface area contributed by atoms with Gasteiger partial charge in [0.1, 0.15) is 5.82 Å². The highest BCUT2D eigenvalue weighted by Gasteiger charge is 2.28. The Balaban J connectivity index is 2.02. The van der Waals surface area contributed by atoms with Gasteiger partial charge in [-0.3, -0.25) is 4.79 Å². The lowest BCUT2D eigenvalue weighted by Crippen LogP contribution is -2.28. The predicted molar refractivity (Wildman–Crippen MR) is 83.2 cm³/mol. The van der Waals surface area contributed by atoms with Crippen molar-refractivity contribution in [1.29, 1.82) is 0 Å². The van der Waals surface area contributed by atoms with E-state index < -0.39 is 0 Å². The molecule has 1 amide bonds. The third-order valence-corrected chi connectivity index (χ3v) is 3.81. The van der Waals surface area contributed by atoms with Crippen LogP contribution in [0.1, 0.15) is 13.3 Å². The summed E-state index contributed by atoms with van der Waals surface area (Å²) in [5, 5.41) is 4.16. The molecule has 1 saturated heterocycles. The lowest BCUT2D eigenvalue weighted by molar-refractivity contribution is -0.121. The molecule has 2 heterocycles. The fourth-order valence-corrected chi connectivity index (χ4v) is 2.72. The molecule has 1 aromatic carbocycles. The molecule has 21 heavy (non-hydrogen) atoms. The van der Waals surface area contributed by atoms with Gasteiger partial charge in [0.25, 0.3) is 0 Å². The Hall–Kier alpha value is -2.37. The van der Waals surface area contributed by atoms with E-state index in [4.69, 9.17) is 5.73 Å². The van der Waals surface area contributed by atoms with Crippen molar-refractivity contribution in [1.82, 2.24) is 9.97 Å². The number of carbonyl (C=O) groups is 1. The molecule has 3 N–H and O–H groups in total. The largest absolute Gasteiger partial charge is 0.369 e. The van der Waals surface area contributed by atoms with E-state index in [1.165, 1.54) is 0 Å². The van der Waals surface area contributed by atoms with Crippen LogP contribution < -0.4 is 16.0 Å². The SMILES string of the molecule is CCNc1nc(N2CCC(C(N)=O)C2)c2ccccc2n1. The number of para-hydroxylation sites is 1. The van der Waals surface area contributed by atoms with E-state index in [9.17, 15) is 4.79 Å². The van der Waals surface area contributed by atoms with Crippen molar-refractivity contribution in [3.8, 4) is 0 Å². The number of aromatic nitrogens is 2. The molecule has 1 aliphatic rings. The molecule has 1 unspecified atom stereocenters. The van der Waals surface area contributed by atoms with Gasteiger partial charge in [-0.1, -0.05) is 12.1 Å². The third kappa shape index (κ3) is 2.61. The predicted octanol–water partition coefficient (Wildman–Crippen LogP) is 1.37. The number of fused-ring (bicyclic) bond motifs is 1. The third-order valence-electron chi connectivity index (χ3n) is 3.81. The maximum Gasteiger partial charge on any atom is 0.225 e. The zero-order chi connectivity index (χ0) is 14.8. The lowest BCUT2D eigenvalue weighted by atomic mass is 10.1. The number of nitrogens with two attached hydrogens (primary N) is 1. The van der Waals surface area contributed by atoms with Crippen molar-refractivity contribution >= 4 is 28.6 Å². The minimum atomic E-state index is -0.234. The lowest BCUT2D eigenvalue weighted by Gasteiger charge is -2.19. The van der Waals surface area contributed by atoms with Gasteiger partial charge in [-0.15, -0.1) is 0 Å². The molecule has 0 saturated carbocycles. The van der Waals surface area contributed by atoms with Crippen molar-refractivity contribution in [3.05, 3.63) is 24.3 Å².